The van der Waals surface area contributed by atoms with Crippen LogP contribution in [0.25, 0.3) is 0 Å². The molecule has 0 spiro atoms. The van der Waals surface area contributed by atoms with E-state index in [0.717, 1.165) is 31.8 Å². The van der Waals surface area contributed by atoms with Crippen LogP contribution in [0.5, 0.6) is 0 Å². The minimum atomic E-state index is -0.633. The Labute approximate surface area is 83.1 Å². The topological polar surface area (TPSA) is 46.3 Å². The highest BCUT2D eigenvalue weighted by atomic mass is 32.2. The number of nitrogens with zero attached hydrogens (tertiary/aromatic N) is 1. The van der Waals surface area contributed by atoms with Gasteiger partial charge in [0.15, 0.2) is 0 Å². The zero-order valence-electron chi connectivity index (χ0n) is 8.53. The van der Waals surface area contributed by atoms with Gasteiger partial charge in [-0.2, -0.15) is 0 Å². The van der Waals surface area contributed by atoms with Gasteiger partial charge < -0.3 is 10.6 Å². The summed E-state index contributed by atoms with van der Waals surface area (Å²) in [6.07, 6.45) is 1.04. The van der Waals surface area contributed by atoms with E-state index in [4.69, 9.17) is 5.73 Å². The third-order valence-corrected chi connectivity index (χ3v) is 4.07. The molecule has 0 bridgehead atoms. The number of likely N-dealkylation sites (tertiary alicyclic amines) is 1. The van der Waals surface area contributed by atoms with Gasteiger partial charge in [0.2, 0.25) is 0 Å². The highest BCUT2D eigenvalue weighted by molar-refractivity contribution is 7.85. The SMILES string of the molecule is CC(C)S(=O)CCCN1CC(N)C1. The predicted octanol–water partition coefficient (Wildman–Crippen LogP) is 0.177. The summed E-state index contributed by atoms with van der Waals surface area (Å²) in [6, 6.07) is 0.385. The van der Waals surface area contributed by atoms with Crippen LogP contribution in [0.15, 0.2) is 0 Å². The van der Waals surface area contributed by atoms with Gasteiger partial charge in [-0.15, -0.1) is 0 Å². The first-order valence-electron chi connectivity index (χ1n) is 4.94. The lowest BCUT2D eigenvalue weighted by atomic mass is 10.1. The van der Waals surface area contributed by atoms with E-state index in [0.29, 0.717) is 11.3 Å². The fraction of sp³-hybridized carbons (Fsp3) is 1.00. The van der Waals surface area contributed by atoms with Crippen molar-refractivity contribution in [3.8, 4) is 0 Å². The van der Waals surface area contributed by atoms with Crippen LogP contribution >= 0.6 is 0 Å². The molecule has 0 amide bonds. The lowest BCUT2D eigenvalue weighted by molar-refractivity contribution is 0.152. The third-order valence-electron chi connectivity index (χ3n) is 2.33. The van der Waals surface area contributed by atoms with E-state index in [-0.39, 0.29) is 0 Å². The molecule has 13 heavy (non-hydrogen) atoms. The molecule has 0 aliphatic carbocycles. The van der Waals surface area contributed by atoms with Crippen molar-refractivity contribution in [2.75, 3.05) is 25.4 Å². The Bertz CT molecular complexity index is 178. The van der Waals surface area contributed by atoms with Gasteiger partial charge in [0.1, 0.15) is 0 Å². The number of hydrogen-bond acceptors (Lipinski definition) is 3. The Kier molecular flexibility index (Phi) is 4.35. The van der Waals surface area contributed by atoms with Crippen molar-refractivity contribution in [3.05, 3.63) is 0 Å². The molecule has 1 unspecified atom stereocenters. The van der Waals surface area contributed by atoms with Gasteiger partial charge in [0.05, 0.1) is 0 Å². The molecule has 78 valence electrons. The molecule has 1 saturated heterocycles. The molecule has 0 aromatic rings. The Hall–Kier alpha value is 0.0700. The summed E-state index contributed by atoms with van der Waals surface area (Å²) < 4.78 is 11.4. The normalized spacial score (nSPS) is 21.8. The summed E-state index contributed by atoms with van der Waals surface area (Å²) >= 11 is 0. The molecule has 1 aliphatic heterocycles. The molecule has 4 heteroatoms. The molecule has 1 heterocycles. The summed E-state index contributed by atoms with van der Waals surface area (Å²) in [4.78, 5) is 2.32. The predicted molar refractivity (Wildman–Crippen MR) is 57.2 cm³/mol. The maximum Gasteiger partial charge on any atom is 0.0297 e. The van der Waals surface area contributed by atoms with Crippen molar-refractivity contribution in [1.29, 1.82) is 0 Å². The largest absolute Gasteiger partial charge is 0.325 e. The first-order valence-corrected chi connectivity index (χ1v) is 6.33. The van der Waals surface area contributed by atoms with E-state index < -0.39 is 10.8 Å². The average Bonchev–Trinajstić information content (AvgIpc) is 2.00. The number of hydrogen-bond donors (Lipinski definition) is 1. The fourth-order valence-corrected chi connectivity index (χ4v) is 2.34. The van der Waals surface area contributed by atoms with Gasteiger partial charge >= 0.3 is 0 Å². The lowest BCUT2D eigenvalue weighted by Crippen LogP contribution is -2.55. The molecule has 1 fully saturated rings. The molecule has 3 nitrogen and oxygen atoms in total. The van der Waals surface area contributed by atoms with Crippen molar-refractivity contribution in [1.82, 2.24) is 4.90 Å². The molecule has 2 N–H and O–H groups in total. The quantitative estimate of drug-likeness (QED) is 0.695. The Balaban J connectivity index is 1.98. The summed E-state index contributed by atoms with van der Waals surface area (Å²) in [5, 5.41) is 0.304. The van der Waals surface area contributed by atoms with E-state index in [2.05, 4.69) is 4.90 Å². The van der Waals surface area contributed by atoms with Gasteiger partial charge in [-0.25, -0.2) is 0 Å². The second kappa shape index (κ2) is 5.08. The number of nitrogens with two attached hydrogens (primary N) is 1. The summed E-state index contributed by atoms with van der Waals surface area (Å²) in [7, 11) is -0.633. The van der Waals surface area contributed by atoms with Gasteiger partial charge in [-0.1, -0.05) is 13.8 Å². The molecule has 1 rings (SSSR count). The number of rotatable bonds is 5. The van der Waals surface area contributed by atoms with Crippen molar-refractivity contribution in [2.24, 2.45) is 5.73 Å². The minimum absolute atomic E-state index is 0.304. The maximum atomic E-state index is 11.4. The standard InChI is InChI=1S/C9H20N2OS/c1-8(2)13(12)5-3-4-11-6-9(10)7-11/h8-9H,3-7,10H2,1-2H3. The first kappa shape index (κ1) is 11.1. The molecule has 0 aromatic carbocycles. The zero-order chi connectivity index (χ0) is 9.84. The zero-order valence-corrected chi connectivity index (χ0v) is 9.35. The van der Waals surface area contributed by atoms with E-state index in [1.54, 1.807) is 0 Å². The van der Waals surface area contributed by atoms with Crippen LogP contribution < -0.4 is 5.73 Å². The smallest absolute Gasteiger partial charge is 0.0297 e. The monoisotopic (exact) mass is 204 g/mol. The van der Waals surface area contributed by atoms with E-state index >= 15 is 0 Å². The second-order valence-electron chi connectivity index (χ2n) is 4.01. The minimum Gasteiger partial charge on any atom is -0.325 e. The summed E-state index contributed by atoms with van der Waals surface area (Å²) in [6.45, 7) is 7.13. The van der Waals surface area contributed by atoms with E-state index in [1.165, 1.54) is 0 Å². The molecule has 0 radical (unpaired) electrons. The molecular weight excluding hydrogens is 184 g/mol. The average molecular weight is 204 g/mol. The van der Waals surface area contributed by atoms with Gasteiger partial charge in [0.25, 0.3) is 0 Å². The van der Waals surface area contributed by atoms with Gasteiger partial charge in [0, 0.05) is 40.9 Å². The molecule has 0 aromatic heterocycles. The van der Waals surface area contributed by atoms with Crippen molar-refractivity contribution < 1.29 is 4.21 Å². The summed E-state index contributed by atoms with van der Waals surface area (Å²) in [5.41, 5.74) is 5.65. The van der Waals surface area contributed by atoms with Crippen LogP contribution in [0, 0.1) is 0 Å². The molecule has 1 aliphatic rings. The highest BCUT2D eigenvalue weighted by Crippen LogP contribution is 2.06. The van der Waals surface area contributed by atoms with E-state index in [1.807, 2.05) is 13.8 Å². The van der Waals surface area contributed by atoms with Crippen molar-refractivity contribution in [2.45, 2.75) is 31.6 Å². The Morgan fingerprint density at radius 1 is 1.54 bits per heavy atom. The van der Waals surface area contributed by atoms with Crippen LogP contribution in [0.4, 0.5) is 0 Å². The molecule has 1 atom stereocenters. The van der Waals surface area contributed by atoms with Crippen LogP contribution in [-0.2, 0) is 10.8 Å². The van der Waals surface area contributed by atoms with Gasteiger partial charge in [-0.05, 0) is 13.0 Å². The van der Waals surface area contributed by atoms with Gasteiger partial charge in [-0.3, -0.25) is 4.21 Å². The third kappa shape index (κ3) is 3.75. The lowest BCUT2D eigenvalue weighted by Gasteiger charge is -2.36. The molecule has 0 saturated carbocycles. The fourth-order valence-electron chi connectivity index (χ4n) is 1.46. The van der Waals surface area contributed by atoms with Crippen LogP contribution in [0.1, 0.15) is 20.3 Å². The van der Waals surface area contributed by atoms with Crippen molar-refractivity contribution >= 4 is 10.8 Å². The van der Waals surface area contributed by atoms with Crippen LogP contribution in [-0.4, -0.2) is 45.8 Å². The maximum absolute atomic E-state index is 11.4. The summed E-state index contributed by atoms with van der Waals surface area (Å²) in [5.74, 6) is 0.837. The molecular formula is C9H20N2OS. The van der Waals surface area contributed by atoms with Crippen LogP contribution in [0.2, 0.25) is 0 Å². The second-order valence-corrected chi connectivity index (χ2v) is 6.12. The van der Waals surface area contributed by atoms with Crippen molar-refractivity contribution in [3.63, 3.8) is 0 Å². The van der Waals surface area contributed by atoms with Crippen LogP contribution in [0.3, 0.4) is 0 Å². The van der Waals surface area contributed by atoms with E-state index in [9.17, 15) is 4.21 Å². The first-order chi connectivity index (χ1) is 6.09. The highest BCUT2D eigenvalue weighted by Gasteiger charge is 2.21. The Morgan fingerprint density at radius 3 is 2.62 bits per heavy atom. The Morgan fingerprint density at radius 2 is 2.15 bits per heavy atom.